The van der Waals surface area contributed by atoms with Crippen LogP contribution in [0.2, 0.25) is 0 Å². The number of pyridine rings is 1. The number of H-pyrrole nitrogens is 1. The number of rotatable bonds is 6. The molecule has 0 atom stereocenters. The second-order valence-electron chi connectivity index (χ2n) is 8.10. The number of amides is 1. The second-order valence-corrected chi connectivity index (χ2v) is 8.10. The van der Waals surface area contributed by atoms with Gasteiger partial charge in [0, 0.05) is 49.6 Å². The zero-order valence-corrected chi connectivity index (χ0v) is 16.4. The van der Waals surface area contributed by atoms with E-state index in [4.69, 9.17) is 10.2 Å². The first kappa shape index (κ1) is 18.1. The molecule has 0 unspecified atom stereocenters. The molecule has 1 saturated heterocycles. The molecule has 1 aliphatic carbocycles. The molecule has 2 N–H and O–H groups in total. The Morgan fingerprint density at radius 3 is 2.90 bits per heavy atom. The Bertz CT molecular complexity index is 1080. The molecule has 2 fully saturated rings. The summed E-state index contributed by atoms with van der Waals surface area (Å²) in [5, 5.41) is 13.0. The molecule has 0 radical (unpaired) electrons. The standard InChI is InChI=1S/C21H25N7O/c22-7-1-9-27-10-5-15(6-11-27)28-18(13-25-21(29)14-2-3-14)26-17-12-24-20-16(19(17)28)4-8-23-20/h4,8,12,14-15H,1-3,5-6,9-11,13H2,(H,23,24)(H,25,29). The highest BCUT2D eigenvalue weighted by Crippen LogP contribution is 2.33. The summed E-state index contributed by atoms with van der Waals surface area (Å²) in [6.45, 7) is 3.23. The van der Waals surface area contributed by atoms with Crippen molar-refractivity contribution in [1.82, 2.24) is 29.7 Å². The minimum Gasteiger partial charge on any atom is -0.349 e. The normalized spacial score (nSPS) is 18.3. The predicted octanol–water partition coefficient (Wildman–Crippen LogP) is 2.49. The van der Waals surface area contributed by atoms with E-state index >= 15 is 0 Å². The number of likely N-dealkylation sites (tertiary alicyclic amines) is 1. The fourth-order valence-corrected chi connectivity index (χ4v) is 4.42. The topological polar surface area (TPSA) is 103 Å². The van der Waals surface area contributed by atoms with Crippen molar-refractivity contribution in [3.8, 4) is 6.07 Å². The van der Waals surface area contributed by atoms with Gasteiger partial charge in [0.05, 0.1) is 24.3 Å². The van der Waals surface area contributed by atoms with Crippen LogP contribution in [0.15, 0.2) is 18.5 Å². The van der Waals surface area contributed by atoms with E-state index in [9.17, 15) is 4.79 Å². The number of nitriles is 1. The van der Waals surface area contributed by atoms with Crippen LogP contribution in [0.25, 0.3) is 22.1 Å². The minimum absolute atomic E-state index is 0.139. The predicted molar refractivity (Wildman–Crippen MR) is 109 cm³/mol. The quantitative estimate of drug-likeness (QED) is 0.672. The Morgan fingerprint density at radius 2 is 2.14 bits per heavy atom. The van der Waals surface area contributed by atoms with E-state index in [2.05, 4.69) is 36.9 Å². The van der Waals surface area contributed by atoms with Crippen molar-refractivity contribution in [2.24, 2.45) is 5.92 Å². The summed E-state index contributed by atoms with van der Waals surface area (Å²) in [4.78, 5) is 27.1. The Hall–Kier alpha value is -2.92. The molecule has 0 aromatic carbocycles. The number of imidazole rings is 1. The van der Waals surface area contributed by atoms with E-state index < -0.39 is 0 Å². The van der Waals surface area contributed by atoms with Gasteiger partial charge in [-0.05, 0) is 31.7 Å². The van der Waals surface area contributed by atoms with E-state index in [-0.39, 0.29) is 11.8 Å². The van der Waals surface area contributed by atoms with Gasteiger partial charge in [0.15, 0.2) is 0 Å². The third kappa shape index (κ3) is 3.47. The van der Waals surface area contributed by atoms with Gasteiger partial charge in [-0.2, -0.15) is 5.26 Å². The van der Waals surface area contributed by atoms with Crippen molar-refractivity contribution in [3.05, 3.63) is 24.3 Å². The number of fused-ring (bicyclic) bond motifs is 3. The van der Waals surface area contributed by atoms with Crippen LogP contribution >= 0.6 is 0 Å². The molecule has 2 aliphatic rings. The van der Waals surface area contributed by atoms with Crippen LogP contribution in [-0.4, -0.2) is 50.0 Å². The molecule has 29 heavy (non-hydrogen) atoms. The molecule has 1 saturated carbocycles. The van der Waals surface area contributed by atoms with Gasteiger partial charge >= 0.3 is 0 Å². The Kier molecular flexibility index (Phi) is 4.68. The van der Waals surface area contributed by atoms with Crippen LogP contribution < -0.4 is 5.32 Å². The zero-order valence-electron chi connectivity index (χ0n) is 16.4. The van der Waals surface area contributed by atoms with E-state index in [1.807, 2.05) is 12.4 Å². The molecule has 5 rings (SSSR count). The number of aromatic amines is 1. The lowest BCUT2D eigenvalue weighted by Crippen LogP contribution is -2.36. The first-order valence-corrected chi connectivity index (χ1v) is 10.4. The molecular formula is C21H25N7O. The van der Waals surface area contributed by atoms with E-state index in [0.717, 1.165) is 73.2 Å². The number of nitrogens with zero attached hydrogens (tertiary/aromatic N) is 5. The van der Waals surface area contributed by atoms with Gasteiger partial charge in [-0.3, -0.25) is 4.79 Å². The maximum atomic E-state index is 12.2. The van der Waals surface area contributed by atoms with Gasteiger partial charge in [-0.15, -0.1) is 0 Å². The van der Waals surface area contributed by atoms with Gasteiger partial charge in [-0.1, -0.05) is 0 Å². The number of hydrogen-bond acceptors (Lipinski definition) is 5. The molecule has 4 heterocycles. The second kappa shape index (κ2) is 7.48. The fraction of sp³-hybridized carbons (Fsp3) is 0.524. The van der Waals surface area contributed by atoms with Crippen LogP contribution in [0.4, 0.5) is 0 Å². The van der Waals surface area contributed by atoms with E-state index in [1.54, 1.807) is 0 Å². The minimum atomic E-state index is 0.139. The van der Waals surface area contributed by atoms with Gasteiger partial charge < -0.3 is 19.8 Å². The first-order chi connectivity index (χ1) is 14.2. The SMILES string of the molecule is N#CCCN1CCC(n2c(CNC(=O)C3CC3)nc3cnc4[nH]ccc4c32)CC1. The smallest absolute Gasteiger partial charge is 0.223 e. The Labute approximate surface area is 168 Å². The lowest BCUT2D eigenvalue weighted by molar-refractivity contribution is -0.122. The van der Waals surface area contributed by atoms with Gasteiger partial charge in [-0.25, -0.2) is 9.97 Å². The van der Waals surface area contributed by atoms with Crippen molar-refractivity contribution >= 4 is 28.0 Å². The third-order valence-electron chi connectivity index (χ3n) is 6.14. The van der Waals surface area contributed by atoms with E-state index in [0.29, 0.717) is 19.0 Å². The summed E-state index contributed by atoms with van der Waals surface area (Å²) in [6, 6.07) is 4.62. The fourth-order valence-electron chi connectivity index (χ4n) is 4.42. The summed E-state index contributed by atoms with van der Waals surface area (Å²) in [5.74, 6) is 1.23. The number of carbonyl (C=O) groups excluding carboxylic acids is 1. The molecule has 1 amide bonds. The number of carbonyl (C=O) groups is 1. The molecule has 1 aliphatic heterocycles. The monoisotopic (exact) mass is 391 g/mol. The largest absolute Gasteiger partial charge is 0.349 e. The Morgan fingerprint density at radius 1 is 1.31 bits per heavy atom. The summed E-state index contributed by atoms with van der Waals surface area (Å²) in [5.41, 5.74) is 2.83. The molecule has 0 spiro atoms. The first-order valence-electron chi connectivity index (χ1n) is 10.4. The summed E-state index contributed by atoms with van der Waals surface area (Å²) in [6.07, 6.45) is 8.32. The highest BCUT2D eigenvalue weighted by molar-refractivity contribution is 6.01. The van der Waals surface area contributed by atoms with Gasteiger partial charge in [0.25, 0.3) is 0 Å². The maximum Gasteiger partial charge on any atom is 0.223 e. The van der Waals surface area contributed by atoms with Crippen LogP contribution in [0.3, 0.4) is 0 Å². The van der Waals surface area contributed by atoms with Crippen LogP contribution in [0.1, 0.15) is 44.0 Å². The van der Waals surface area contributed by atoms with Crippen LogP contribution in [0, 0.1) is 17.2 Å². The van der Waals surface area contributed by atoms with Crippen molar-refractivity contribution < 1.29 is 4.79 Å². The van der Waals surface area contributed by atoms with E-state index in [1.165, 1.54) is 0 Å². The molecule has 8 heteroatoms. The zero-order chi connectivity index (χ0) is 19.8. The molecule has 150 valence electrons. The summed E-state index contributed by atoms with van der Waals surface area (Å²) < 4.78 is 2.34. The molecule has 3 aromatic rings. The highest BCUT2D eigenvalue weighted by Gasteiger charge is 2.30. The van der Waals surface area contributed by atoms with Crippen molar-refractivity contribution in [2.75, 3.05) is 19.6 Å². The average Bonchev–Trinajstić information content (AvgIpc) is 3.37. The number of piperidine rings is 1. The highest BCUT2D eigenvalue weighted by atomic mass is 16.2. The van der Waals surface area contributed by atoms with Gasteiger partial charge in [0.1, 0.15) is 17.0 Å². The van der Waals surface area contributed by atoms with Crippen LogP contribution in [-0.2, 0) is 11.3 Å². The molecular weight excluding hydrogens is 366 g/mol. The third-order valence-corrected chi connectivity index (χ3v) is 6.14. The molecule has 3 aromatic heterocycles. The molecule has 8 nitrogen and oxygen atoms in total. The maximum absolute atomic E-state index is 12.2. The van der Waals surface area contributed by atoms with Crippen LogP contribution in [0.5, 0.6) is 0 Å². The van der Waals surface area contributed by atoms with Crippen molar-refractivity contribution in [1.29, 1.82) is 5.26 Å². The number of aromatic nitrogens is 4. The number of hydrogen-bond donors (Lipinski definition) is 2. The summed E-state index contributed by atoms with van der Waals surface area (Å²) in [7, 11) is 0. The lowest BCUT2D eigenvalue weighted by Gasteiger charge is -2.33. The molecule has 0 bridgehead atoms. The van der Waals surface area contributed by atoms with Crippen molar-refractivity contribution in [2.45, 2.75) is 44.7 Å². The van der Waals surface area contributed by atoms with Gasteiger partial charge in [0.2, 0.25) is 5.91 Å². The average molecular weight is 391 g/mol. The Balaban J connectivity index is 1.47. The summed E-state index contributed by atoms with van der Waals surface area (Å²) >= 11 is 0. The lowest BCUT2D eigenvalue weighted by atomic mass is 10.0. The van der Waals surface area contributed by atoms with Crippen molar-refractivity contribution in [3.63, 3.8) is 0 Å². The number of nitrogens with one attached hydrogen (secondary N) is 2.